The largest absolute Gasteiger partial charge is 0.495 e. The van der Waals surface area contributed by atoms with Crippen molar-refractivity contribution >= 4 is 23.2 Å². The number of unbranched alkanes of at least 4 members (excludes halogenated alkanes) is 1. The Bertz CT molecular complexity index is 652. The fourth-order valence-electron chi connectivity index (χ4n) is 3.44. The van der Waals surface area contributed by atoms with E-state index in [-0.39, 0.29) is 0 Å². The lowest BCUT2D eigenvalue weighted by atomic mass is 10.2. The van der Waals surface area contributed by atoms with Crippen LogP contribution in [0.4, 0.5) is 5.69 Å². The quantitative estimate of drug-likeness (QED) is 0.342. The van der Waals surface area contributed by atoms with E-state index >= 15 is 0 Å². The van der Waals surface area contributed by atoms with Gasteiger partial charge in [-0.15, -0.1) is 0 Å². The molecule has 1 heterocycles. The zero-order chi connectivity index (χ0) is 21.2. The van der Waals surface area contributed by atoms with Gasteiger partial charge in [-0.05, 0) is 71.8 Å². The van der Waals surface area contributed by atoms with Crippen LogP contribution in [0.2, 0.25) is 5.02 Å². The van der Waals surface area contributed by atoms with Gasteiger partial charge in [-0.3, -0.25) is 4.99 Å². The molecular weight excluding hydrogens is 386 g/mol. The Morgan fingerprint density at radius 2 is 2.17 bits per heavy atom. The molecule has 164 valence electrons. The summed E-state index contributed by atoms with van der Waals surface area (Å²) in [6, 6.07) is 6.73. The van der Waals surface area contributed by atoms with Gasteiger partial charge in [0.05, 0.1) is 12.8 Å². The maximum Gasteiger partial charge on any atom is 0.191 e. The topological polar surface area (TPSA) is 52.1 Å². The second-order valence-corrected chi connectivity index (χ2v) is 8.37. The van der Waals surface area contributed by atoms with Crippen LogP contribution in [0.5, 0.6) is 5.75 Å². The fraction of sp³-hybridized carbons (Fsp3) is 0.682. The highest BCUT2D eigenvalue weighted by molar-refractivity contribution is 6.30. The predicted octanol–water partition coefficient (Wildman–Crippen LogP) is 3.60. The van der Waals surface area contributed by atoms with Crippen molar-refractivity contribution in [3.8, 4) is 5.75 Å². The molecular formula is C22H38ClN5O. The number of guanidine groups is 1. The zero-order valence-electron chi connectivity index (χ0n) is 18.7. The van der Waals surface area contributed by atoms with Crippen molar-refractivity contribution in [2.45, 2.75) is 52.1 Å². The van der Waals surface area contributed by atoms with E-state index in [2.05, 4.69) is 48.3 Å². The fourth-order valence-corrected chi connectivity index (χ4v) is 3.61. The Morgan fingerprint density at radius 1 is 1.38 bits per heavy atom. The Labute approximate surface area is 181 Å². The monoisotopic (exact) mass is 423 g/mol. The van der Waals surface area contributed by atoms with Crippen LogP contribution in [0.1, 0.15) is 40.0 Å². The Hall–Kier alpha value is -1.66. The third-order valence-corrected chi connectivity index (χ3v) is 5.66. The molecule has 1 fully saturated rings. The van der Waals surface area contributed by atoms with E-state index in [1.54, 1.807) is 7.11 Å². The minimum absolute atomic E-state index is 0.351. The van der Waals surface area contributed by atoms with Crippen molar-refractivity contribution in [3.05, 3.63) is 23.2 Å². The number of hydrogen-bond donors (Lipinski definition) is 2. The molecule has 2 rings (SSSR count). The number of methoxy groups -OCH3 is 1. The molecule has 0 spiro atoms. The van der Waals surface area contributed by atoms with E-state index < -0.39 is 0 Å². The van der Waals surface area contributed by atoms with Crippen LogP contribution in [-0.4, -0.2) is 69.8 Å². The van der Waals surface area contributed by atoms with Crippen molar-refractivity contribution < 1.29 is 4.74 Å². The minimum atomic E-state index is 0.351. The van der Waals surface area contributed by atoms with Crippen LogP contribution < -0.4 is 20.3 Å². The van der Waals surface area contributed by atoms with Crippen LogP contribution >= 0.6 is 11.6 Å². The van der Waals surface area contributed by atoms with Crippen molar-refractivity contribution in [2.75, 3.05) is 51.8 Å². The van der Waals surface area contributed by atoms with Gasteiger partial charge < -0.3 is 25.2 Å². The van der Waals surface area contributed by atoms with Crippen LogP contribution in [0.25, 0.3) is 0 Å². The van der Waals surface area contributed by atoms with Gasteiger partial charge in [-0.25, -0.2) is 0 Å². The first kappa shape index (κ1) is 23.6. The van der Waals surface area contributed by atoms with E-state index in [9.17, 15) is 0 Å². The normalized spacial score (nSPS) is 17.3. The van der Waals surface area contributed by atoms with Gasteiger partial charge in [0.2, 0.25) is 0 Å². The summed E-state index contributed by atoms with van der Waals surface area (Å²) in [5.41, 5.74) is 1.06. The van der Waals surface area contributed by atoms with Crippen LogP contribution in [-0.2, 0) is 0 Å². The van der Waals surface area contributed by atoms with Crippen molar-refractivity contribution in [2.24, 2.45) is 4.99 Å². The average Bonchev–Trinajstić information content (AvgIpc) is 3.15. The number of benzene rings is 1. The summed E-state index contributed by atoms with van der Waals surface area (Å²) in [5.74, 6) is 1.77. The van der Waals surface area contributed by atoms with Gasteiger partial charge in [0.25, 0.3) is 0 Å². The number of nitrogens with zero attached hydrogens (tertiary/aromatic N) is 3. The van der Waals surface area contributed by atoms with E-state index in [4.69, 9.17) is 21.3 Å². The molecule has 7 heteroatoms. The Balaban J connectivity index is 1.86. The number of ether oxygens (including phenoxy) is 1. The second kappa shape index (κ2) is 12.1. The molecule has 0 aromatic heterocycles. The number of rotatable bonds is 10. The third-order valence-electron chi connectivity index (χ3n) is 5.43. The standard InChI is InChI=1S/C22H38ClN5O/c1-6-24-22(25-12-7-8-13-27(4)17(2)3)26-19-11-14-28(16-19)20-15-18(23)9-10-21(20)29-5/h9-10,15,17,19H,6-8,11-14,16H2,1-5H3,(H2,24,25,26). The van der Waals surface area contributed by atoms with E-state index in [1.807, 2.05) is 18.2 Å². The lowest BCUT2D eigenvalue weighted by Crippen LogP contribution is -2.44. The molecule has 1 atom stereocenters. The van der Waals surface area contributed by atoms with Crippen molar-refractivity contribution in [1.29, 1.82) is 0 Å². The molecule has 1 unspecified atom stereocenters. The molecule has 1 saturated heterocycles. The maximum absolute atomic E-state index is 6.20. The van der Waals surface area contributed by atoms with Crippen LogP contribution in [0, 0.1) is 0 Å². The molecule has 0 saturated carbocycles. The predicted molar refractivity (Wildman–Crippen MR) is 125 cm³/mol. The van der Waals surface area contributed by atoms with E-state index in [0.717, 1.165) is 68.0 Å². The molecule has 1 aliphatic rings. The molecule has 0 aliphatic carbocycles. The molecule has 0 amide bonds. The van der Waals surface area contributed by atoms with Gasteiger partial charge >= 0.3 is 0 Å². The summed E-state index contributed by atoms with van der Waals surface area (Å²) in [4.78, 5) is 9.48. The molecule has 29 heavy (non-hydrogen) atoms. The van der Waals surface area contributed by atoms with Gasteiger partial charge in [-0.2, -0.15) is 0 Å². The number of anilines is 1. The van der Waals surface area contributed by atoms with Gasteiger partial charge in [0.15, 0.2) is 5.96 Å². The minimum Gasteiger partial charge on any atom is -0.495 e. The summed E-state index contributed by atoms with van der Waals surface area (Å²) in [7, 11) is 3.88. The summed E-state index contributed by atoms with van der Waals surface area (Å²) >= 11 is 6.20. The first-order chi connectivity index (χ1) is 13.9. The highest BCUT2D eigenvalue weighted by Crippen LogP contribution is 2.33. The highest BCUT2D eigenvalue weighted by atomic mass is 35.5. The Kier molecular flexibility index (Phi) is 9.88. The lowest BCUT2D eigenvalue weighted by Gasteiger charge is -2.22. The van der Waals surface area contributed by atoms with Crippen molar-refractivity contribution in [1.82, 2.24) is 15.5 Å². The van der Waals surface area contributed by atoms with Crippen LogP contribution in [0.3, 0.4) is 0 Å². The molecule has 1 aliphatic heterocycles. The molecule has 6 nitrogen and oxygen atoms in total. The highest BCUT2D eigenvalue weighted by Gasteiger charge is 2.25. The zero-order valence-corrected chi connectivity index (χ0v) is 19.4. The first-order valence-corrected chi connectivity index (χ1v) is 11.2. The first-order valence-electron chi connectivity index (χ1n) is 10.8. The average molecular weight is 424 g/mol. The molecule has 1 aromatic rings. The van der Waals surface area contributed by atoms with Gasteiger partial charge in [0, 0.05) is 43.3 Å². The number of aliphatic imine (C=N–C) groups is 1. The third kappa shape index (κ3) is 7.59. The molecule has 0 bridgehead atoms. The van der Waals surface area contributed by atoms with E-state index in [0.29, 0.717) is 12.1 Å². The number of halogens is 1. The Morgan fingerprint density at radius 3 is 2.86 bits per heavy atom. The summed E-state index contributed by atoms with van der Waals surface area (Å²) in [5, 5.41) is 7.71. The molecule has 2 N–H and O–H groups in total. The van der Waals surface area contributed by atoms with Gasteiger partial charge in [0.1, 0.15) is 5.75 Å². The van der Waals surface area contributed by atoms with E-state index in [1.165, 1.54) is 6.42 Å². The molecule has 0 radical (unpaired) electrons. The number of hydrogen-bond acceptors (Lipinski definition) is 4. The summed E-state index contributed by atoms with van der Waals surface area (Å²) in [6.45, 7) is 11.3. The SMILES string of the molecule is CCNC(=NCCCCN(C)C(C)C)NC1CCN(c2cc(Cl)ccc2OC)C1. The second-order valence-electron chi connectivity index (χ2n) is 7.93. The molecule has 1 aromatic carbocycles. The van der Waals surface area contributed by atoms with Crippen molar-refractivity contribution in [3.63, 3.8) is 0 Å². The maximum atomic E-state index is 6.20. The van der Waals surface area contributed by atoms with Gasteiger partial charge in [-0.1, -0.05) is 11.6 Å². The van der Waals surface area contributed by atoms with Crippen LogP contribution in [0.15, 0.2) is 23.2 Å². The smallest absolute Gasteiger partial charge is 0.191 e. The lowest BCUT2D eigenvalue weighted by molar-refractivity contribution is 0.269. The summed E-state index contributed by atoms with van der Waals surface area (Å²) in [6.07, 6.45) is 3.33. The number of nitrogens with one attached hydrogen (secondary N) is 2. The summed E-state index contributed by atoms with van der Waals surface area (Å²) < 4.78 is 5.51.